The molecule has 1 saturated carbocycles. The highest BCUT2D eigenvalue weighted by molar-refractivity contribution is 5.92. The van der Waals surface area contributed by atoms with Crippen LogP contribution in [0.5, 0.6) is 0 Å². The molecule has 6 nitrogen and oxygen atoms in total. The van der Waals surface area contributed by atoms with Crippen molar-refractivity contribution < 1.29 is 19.1 Å². The molecule has 0 unspecified atom stereocenters. The fourth-order valence-corrected chi connectivity index (χ4v) is 1.99. The minimum Gasteiger partial charge on any atom is -0.452 e. The number of carbonyl (C=O) groups excluding carboxylic acids is 3. The van der Waals surface area contributed by atoms with E-state index in [1.54, 1.807) is 12.1 Å². The predicted molar refractivity (Wildman–Crippen MR) is 85.0 cm³/mol. The van der Waals surface area contributed by atoms with E-state index in [2.05, 4.69) is 5.32 Å². The molecule has 0 aromatic heterocycles. The molecule has 0 atom stereocenters. The Hall–Kier alpha value is -2.37. The molecule has 1 aromatic rings. The highest BCUT2D eigenvalue weighted by atomic mass is 16.5. The number of likely N-dealkylation sites (N-methyl/N-ethyl adjacent to an activating group) is 1. The molecule has 1 aromatic carbocycles. The van der Waals surface area contributed by atoms with Crippen LogP contribution in [0.1, 0.15) is 34.3 Å². The van der Waals surface area contributed by atoms with Gasteiger partial charge in [0.05, 0.1) is 12.1 Å². The molecular formula is C17H22N2O4. The minimum atomic E-state index is -0.544. The maximum Gasteiger partial charge on any atom is 0.338 e. The lowest BCUT2D eigenvalue weighted by molar-refractivity contribution is -0.137. The van der Waals surface area contributed by atoms with E-state index in [0.717, 1.165) is 24.0 Å². The Bertz CT molecular complexity index is 623. The number of nitrogens with one attached hydrogen (secondary N) is 1. The number of ether oxygens (including phenoxy) is 1. The van der Waals surface area contributed by atoms with E-state index in [1.165, 1.54) is 11.9 Å². The lowest BCUT2D eigenvalue weighted by atomic mass is 10.1. The summed E-state index contributed by atoms with van der Waals surface area (Å²) in [4.78, 5) is 36.7. The largest absolute Gasteiger partial charge is 0.452 e. The molecule has 6 heteroatoms. The number of nitrogens with zero attached hydrogens (tertiary/aromatic N) is 1. The molecule has 124 valence electrons. The third kappa shape index (κ3) is 5.09. The van der Waals surface area contributed by atoms with Gasteiger partial charge in [-0.05, 0) is 49.9 Å². The third-order valence-electron chi connectivity index (χ3n) is 3.82. The summed E-state index contributed by atoms with van der Waals surface area (Å²) < 4.78 is 5.02. The predicted octanol–water partition coefficient (Wildman–Crippen LogP) is 1.20. The van der Waals surface area contributed by atoms with E-state index >= 15 is 0 Å². The summed E-state index contributed by atoms with van der Waals surface area (Å²) in [6, 6.07) is 5.49. The Morgan fingerprint density at radius 1 is 1.22 bits per heavy atom. The van der Waals surface area contributed by atoms with Crippen molar-refractivity contribution in [3.8, 4) is 0 Å². The summed E-state index contributed by atoms with van der Waals surface area (Å²) in [5.74, 6) is -1.14. The van der Waals surface area contributed by atoms with E-state index < -0.39 is 11.9 Å². The summed E-state index contributed by atoms with van der Waals surface area (Å²) in [6.45, 7) is 3.45. The van der Waals surface area contributed by atoms with E-state index in [0.29, 0.717) is 5.56 Å². The zero-order valence-corrected chi connectivity index (χ0v) is 13.7. The van der Waals surface area contributed by atoms with Crippen molar-refractivity contribution in [2.45, 2.75) is 32.7 Å². The molecule has 1 aliphatic carbocycles. The standard InChI is InChI=1S/C17H22N2O4/c1-11-4-5-13(8-12(11)2)17(22)23-10-16(21)19(3)9-15(20)18-14-6-7-14/h4-5,8,14H,6-7,9-10H2,1-3H3,(H,18,20). The maximum atomic E-state index is 11.9. The van der Waals surface area contributed by atoms with Gasteiger partial charge in [0.2, 0.25) is 5.91 Å². The molecule has 1 N–H and O–H groups in total. The molecule has 1 fully saturated rings. The van der Waals surface area contributed by atoms with Crippen molar-refractivity contribution in [3.63, 3.8) is 0 Å². The second-order valence-electron chi connectivity index (χ2n) is 5.97. The van der Waals surface area contributed by atoms with Gasteiger partial charge in [-0.2, -0.15) is 0 Å². The van der Waals surface area contributed by atoms with Gasteiger partial charge in [-0.25, -0.2) is 4.79 Å². The number of amides is 2. The van der Waals surface area contributed by atoms with E-state index in [4.69, 9.17) is 4.74 Å². The van der Waals surface area contributed by atoms with Crippen LogP contribution in [0.25, 0.3) is 0 Å². The Kier molecular flexibility index (Phi) is 5.36. The van der Waals surface area contributed by atoms with E-state index in [1.807, 2.05) is 19.9 Å². The Labute approximate surface area is 135 Å². The monoisotopic (exact) mass is 318 g/mol. The first-order valence-electron chi connectivity index (χ1n) is 7.64. The minimum absolute atomic E-state index is 0.0312. The van der Waals surface area contributed by atoms with Crippen LogP contribution in [-0.2, 0) is 14.3 Å². The second-order valence-corrected chi connectivity index (χ2v) is 5.97. The molecule has 2 amide bonds. The van der Waals surface area contributed by atoms with Gasteiger partial charge >= 0.3 is 5.97 Å². The average Bonchev–Trinajstić information content (AvgIpc) is 3.30. The molecule has 0 radical (unpaired) electrons. The Morgan fingerprint density at radius 3 is 2.52 bits per heavy atom. The maximum absolute atomic E-state index is 11.9. The lowest BCUT2D eigenvalue weighted by Crippen LogP contribution is -2.40. The van der Waals surface area contributed by atoms with Crippen LogP contribution in [0.4, 0.5) is 0 Å². The van der Waals surface area contributed by atoms with Crippen molar-refractivity contribution in [1.29, 1.82) is 0 Å². The number of rotatable bonds is 6. The number of hydrogen-bond acceptors (Lipinski definition) is 4. The van der Waals surface area contributed by atoms with Crippen LogP contribution in [0.3, 0.4) is 0 Å². The number of aryl methyl sites for hydroxylation is 2. The van der Waals surface area contributed by atoms with Crippen LogP contribution in [0, 0.1) is 13.8 Å². The van der Waals surface area contributed by atoms with E-state index in [-0.39, 0.29) is 25.1 Å². The molecule has 0 aliphatic heterocycles. The van der Waals surface area contributed by atoms with E-state index in [9.17, 15) is 14.4 Å². The van der Waals surface area contributed by atoms with Gasteiger partial charge in [-0.1, -0.05) is 6.07 Å². The topological polar surface area (TPSA) is 75.7 Å². The SMILES string of the molecule is Cc1ccc(C(=O)OCC(=O)N(C)CC(=O)NC2CC2)cc1C. The van der Waals surface area contributed by atoms with Crippen LogP contribution >= 0.6 is 0 Å². The summed E-state index contributed by atoms with van der Waals surface area (Å²) in [5, 5.41) is 2.80. The molecule has 2 rings (SSSR count). The zero-order valence-electron chi connectivity index (χ0n) is 13.7. The first-order valence-corrected chi connectivity index (χ1v) is 7.64. The van der Waals surface area contributed by atoms with Crippen molar-refractivity contribution in [3.05, 3.63) is 34.9 Å². The van der Waals surface area contributed by atoms with Gasteiger partial charge < -0.3 is 15.0 Å². The molecule has 0 saturated heterocycles. The number of benzene rings is 1. The van der Waals surface area contributed by atoms with Crippen LogP contribution in [0.15, 0.2) is 18.2 Å². The Balaban J connectivity index is 1.79. The molecule has 0 heterocycles. The summed E-state index contributed by atoms with van der Waals surface area (Å²) in [5.41, 5.74) is 2.48. The number of hydrogen-bond donors (Lipinski definition) is 1. The van der Waals surface area contributed by atoms with Crippen molar-refractivity contribution >= 4 is 17.8 Å². The van der Waals surface area contributed by atoms with Gasteiger partial charge in [-0.15, -0.1) is 0 Å². The first-order chi connectivity index (χ1) is 10.9. The highest BCUT2D eigenvalue weighted by Crippen LogP contribution is 2.18. The highest BCUT2D eigenvalue weighted by Gasteiger charge is 2.24. The van der Waals surface area contributed by atoms with Crippen molar-refractivity contribution in [2.75, 3.05) is 20.2 Å². The molecule has 0 spiro atoms. The molecular weight excluding hydrogens is 296 g/mol. The van der Waals surface area contributed by atoms with Gasteiger partial charge in [0.1, 0.15) is 0 Å². The zero-order chi connectivity index (χ0) is 17.0. The van der Waals surface area contributed by atoms with Gasteiger partial charge in [0.15, 0.2) is 6.61 Å². The van der Waals surface area contributed by atoms with Gasteiger partial charge in [-0.3, -0.25) is 9.59 Å². The average molecular weight is 318 g/mol. The number of esters is 1. The first kappa shape index (κ1) is 17.0. The van der Waals surface area contributed by atoms with Crippen molar-refractivity contribution in [2.24, 2.45) is 0 Å². The number of carbonyl (C=O) groups is 3. The molecule has 23 heavy (non-hydrogen) atoms. The smallest absolute Gasteiger partial charge is 0.338 e. The van der Waals surface area contributed by atoms with Crippen LogP contribution < -0.4 is 5.32 Å². The molecule has 1 aliphatic rings. The van der Waals surface area contributed by atoms with Crippen LogP contribution in [-0.4, -0.2) is 48.9 Å². The quantitative estimate of drug-likeness (QED) is 0.800. The van der Waals surface area contributed by atoms with Crippen molar-refractivity contribution in [1.82, 2.24) is 10.2 Å². The summed E-state index contributed by atoms with van der Waals surface area (Å²) in [6.07, 6.45) is 1.99. The van der Waals surface area contributed by atoms with Gasteiger partial charge in [0, 0.05) is 13.1 Å². The lowest BCUT2D eigenvalue weighted by Gasteiger charge is -2.16. The molecule has 0 bridgehead atoms. The normalized spacial score (nSPS) is 13.3. The Morgan fingerprint density at radius 2 is 1.91 bits per heavy atom. The third-order valence-corrected chi connectivity index (χ3v) is 3.82. The fourth-order valence-electron chi connectivity index (χ4n) is 1.99. The van der Waals surface area contributed by atoms with Crippen LogP contribution in [0.2, 0.25) is 0 Å². The fraction of sp³-hybridized carbons (Fsp3) is 0.471. The summed E-state index contributed by atoms with van der Waals surface area (Å²) in [7, 11) is 1.51. The summed E-state index contributed by atoms with van der Waals surface area (Å²) >= 11 is 0. The van der Waals surface area contributed by atoms with Gasteiger partial charge in [0.25, 0.3) is 5.91 Å². The second kappa shape index (κ2) is 7.26.